The Morgan fingerprint density at radius 1 is 0.974 bits per heavy atom. The van der Waals surface area contributed by atoms with Crippen LogP contribution in [0.1, 0.15) is 51.0 Å². The first-order valence-corrected chi connectivity index (χ1v) is 13.1. The predicted molar refractivity (Wildman–Crippen MR) is 138 cm³/mol. The zero-order valence-corrected chi connectivity index (χ0v) is 21.0. The third-order valence-electron chi connectivity index (χ3n) is 7.74. The van der Waals surface area contributed by atoms with E-state index in [2.05, 4.69) is 34.5 Å². The number of rotatable bonds is 6. The number of piperidine rings is 1. The summed E-state index contributed by atoms with van der Waals surface area (Å²) in [7, 11) is 0. The number of nitrogens with one attached hydrogen (secondary N) is 1. The van der Waals surface area contributed by atoms with Crippen molar-refractivity contribution in [3.8, 4) is 5.75 Å². The van der Waals surface area contributed by atoms with E-state index in [0.29, 0.717) is 37.3 Å². The molecule has 6 rings (SSSR count). The largest absolute Gasteiger partial charge is 0.489 e. The Bertz CT molecular complexity index is 1380. The fraction of sp³-hybridized carbons (Fsp3) is 0.333. The minimum Gasteiger partial charge on any atom is -0.489 e. The van der Waals surface area contributed by atoms with Gasteiger partial charge in [0, 0.05) is 30.8 Å². The zero-order chi connectivity index (χ0) is 26.2. The predicted octanol–water partition coefficient (Wildman–Crippen LogP) is 3.52. The maximum Gasteiger partial charge on any atom is 0.255 e. The van der Waals surface area contributed by atoms with Crippen LogP contribution in [0.4, 0.5) is 4.39 Å². The van der Waals surface area contributed by atoms with Crippen LogP contribution < -0.4 is 10.1 Å². The van der Waals surface area contributed by atoms with E-state index in [-0.39, 0.29) is 17.6 Å². The third kappa shape index (κ3) is 4.89. The minimum absolute atomic E-state index is 0.170. The van der Waals surface area contributed by atoms with E-state index < -0.39 is 12.3 Å². The lowest BCUT2D eigenvalue weighted by Crippen LogP contribution is -2.54. The summed E-state index contributed by atoms with van der Waals surface area (Å²) in [5, 5.41) is 12.2. The summed E-state index contributed by atoms with van der Waals surface area (Å²) in [5.41, 5.74) is 5.87. The Labute approximate surface area is 220 Å². The summed E-state index contributed by atoms with van der Waals surface area (Å²) < 4.78 is 19.6. The van der Waals surface area contributed by atoms with Crippen LogP contribution in [0.2, 0.25) is 0 Å². The molecule has 2 N–H and O–H groups in total. The number of benzene rings is 3. The number of nitrogens with zero attached hydrogens (tertiary/aromatic N) is 2. The molecular weight excluding hydrogens is 485 g/mol. The summed E-state index contributed by atoms with van der Waals surface area (Å²) in [4.78, 5) is 29.4. The molecular formula is C30H30FN3O4. The lowest BCUT2D eigenvalue weighted by atomic mass is 9.99. The number of hydrogen-bond acceptors (Lipinski definition) is 5. The Hall–Kier alpha value is -3.75. The van der Waals surface area contributed by atoms with Crippen molar-refractivity contribution in [1.29, 1.82) is 0 Å². The summed E-state index contributed by atoms with van der Waals surface area (Å²) in [6, 6.07) is 18.2. The number of amides is 2. The molecule has 7 nitrogen and oxygen atoms in total. The maximum atomic E-state index is 13.5. The van der Waals surface area contributed by atoms with Gasteiger partial charge >= 0.3 is 0 Å². The molecule has 38 heavy (non-hydrogen) atoms. The van der Waals surface area contributed by atoms with Crippen molar-refractivity contribution in [2.24, 2.45) is 0 Å². The number of ether oxygens (including phenoxy) is 1. The second kappa shape index (κ2) is 10.2. The molecule has 8 heteroatoms. The first-order valence-electron chi connectivity index (χ1n) is 13.1. The number of aliphatic hydroxyl groups is 1. The van der Waals surface area contributed by atoms with Gasteiger partial charge in [0.1, 0.15) is 30.4 Å². The molecule has 3 heterocycles. The zero-order valence-electron chi connectivity index (χ0n) is 21.0. The molecule has 0 aliphatic carbocycles. The van der Waals surface area contributed by atoms with E-state index in [1.165, 1.54) is 17.2 Å². The average Bonchev–Trinajstić information content (AvgIpc) is 3.25. The molecule has 3 aliphatic rings. The second-order valence-corrected chi connectivity index (χ2v) is 10.3. The van der Waals surface area contributed by atoms with Gasteiger partial charge in [-0.15, -0.1) is 0 Å². The van der Waals surface area contributed by atoms with Crippen LogP contribution in [0.3, 0.4) is 0 Å². The highest BCUT2D eigenvalue weighted by atomic mass is 19.1. The number of fused-ring (bicyclic) bond motifs is 2. The SMILES string of the molecule is O=C1NC(O)CCC1N1Cc2c(OCc3ccc(CN4CCc5cc(F)ccc5C4)cc3)cccc2C1=O. The monoisotopic (exact) mass is 515 g/mol. The van der Waals surface area contributed by atoms with Crippen molar-refractivity contribution in [3.63, 3.8) is 0 Å². The van der Waals surface area contributed by atoms with Gasteiger partial charge in [-0.25, -0.2) is 4.39 Å². The number of carbonyl (C=O) groups excluding carboxylic acids is 2. The smallest absolute Gasteiger partial charge is 0.255 e. The standard InChI is InChI=1S/C30H30FN3O4/c31-23-9-8-22-16-33(13-12-21(22)14-23)15-19-4-6-20(7-5-19)18-38-27-3-1-2-24-25(27)17-34(30(24)37)26-10-11-28(35)32-29(26)36/h1-9,14,26,28,35H,10-13,15-18H2,(H,32,36). The van der Waals surface area contributed by atoms with Gasteiger partial charge in [-0.1, -0.05) is 36.4 Å². The molecule has 0 saturated carbocycles. The Kier molecular flexibility index (Phi) is 6.59. The molecule has 3 aliphatic heterocycles. The molecule has 1 fully saturated rings. The quantitative estimate of drug-likeness (QED) is 0.525. The van der Waals surface area contributed by atoms with Crippen LogP contribution in [-0.4, -0.2) is 45.5 Å². The molecule has 0 spiro atoms. The highest BCUT2D eigenvalue weighted by molar-refractivity contribution is 6.01. The molecule has 0 bridgehead atoms. The first kappa shape index (κ1) is 24.6. The normalized spacial score (nSPS) is 21.2. The van der Waals surface area contributed by atoms with Crippen LogP contribution in [0.15, 0.2) is 60.7 Å². The van der Waals surface area contributed by atoms with Gasteiger partial charge in [0.25, 0.3) is 5.91 Å². The van der Waals surface area contributed by atoms with Crippen LogP contribution >= 0.6 is 0 Å². The molecule has 1 saturated heterocycles. The molecule has 3 aromatic carbocycles. The molecule has 3 aromatic rings. The molecule has 2 atom stereocenters. The van der Waals surface area contributed by atoms with Crippen molar-refractivity contribution >= 4 is 11.8 Å². The molecule has 0 aromatic heterocycles. The number of hydrogen-bond donors (Lipinski definition) is 2. The molecule has 0 radical (unpaired) electrons. The lowest BCUT2D eigenvalue weighted by molar-refractivity contribution is -0.132. The van der Waals surface area contributed by atoms with Gasteiger partial charge in [-0.2, -0.15) is 0 Å². The molecule has 2 unspecified atom stereocenters. The third-order valence-corrected chi connectivity index (χ3v) is 7.74. The highest BCUT2D eigenvalue weighted by Gasteiger charge is 2.40. The van der Waals surface area contributed by atoms with Crippen molar-refractivity contribution in [2.45, 2.75) is 57.8 Å². The van der Waals surface area contributed by atoms with E-state index in [1.54, 1.807) is 23.1 Å². The number of halogens is 1. The van der Waals surface area contributed by atoms with Crippen molar-refractivity contribution in [1.82, 2.24) is 15.1 Å². The summed E-state index contributed by atoms with van der Waals surface area (Å²) in [5.74, 6) is -0.0363. The topological polar surface area (TPSA) is 82.1 Å². The Balaban J connectivity index is 1.07. The lowest BCUT2D eigenvalue weighted by Gasteiger charge is -2.32. The highest BCUT2D eigenvalue weighted by Crippen LogP contribution is 2.34. The van der Waals surface area contributed by atoms with E-state index in [9.17, 15) is 19.1 Å². The van der Waals surface area contributed by atoms with Crippen molar-refractivity contribution in [3.05, 3.63) is 99.9 Å². The average molecular weight is 516 g/mol. The fourth-order valence-corrected chi connectivity index (χ4v) is 5.66. The number of aliphatic hydroxyl groups excluding tert-OH is 1. The van der Waals surface area contributed by atoms with Crippen molar-refractivity contribution < 1.29 is 23.8 Å². The van der Waals surface area contributed by atoms with E-state index in [1.807, 2.05) is 12.1 Å². The van der Waals surface area contributed by atoms with Gasteiger partial charge in [-0.3, -0.25) is 14.5 Å². The van der Waals surface area contributed by atoms with Gasteiger partial charge < -0.3 is 20.1 Å². The first-order chi connectivity index (χ1) is 18.4. The van der Waals surface area contributed by atoms with Gasteiger partial charge in [-0.05, 0) is 65.8 Å². The van der Waals surface area contributed by atoms with E-state index in [4.69, 9.17) is 4.74 Å². The van der Waals surface area contributed by atoms with Crippen LogP contribution in [0.5, 0.6) is 5.75 Å². The van der Waals surface area contributed by atoms with Gasteiger partial charge in [0.05, 0.1) is 6.54 Å². The molecule has 196 valence electrons. The Morgan fingerprint density at radius 2 is 1.79 bits per heavy atom. The van der Waals surface area contributed by atoms with Crippen LogP contribution in [0, 0.1) is 5.82 Å². The van der Waals surface area contributed by atoms with Crippen LogP contribution in [0.25, 0.3) is 0 Å². The van der Waals surface area contributed by atoms with E-state index >= 15 is 0 Å². The second-order valence-electron chi connectivity index (χ2n) is 10.3. The van der Waals surface area contributed by atoms with Crippen LogP contribution in [-0.2, 0) is 37.5 Å². The van der Waals surface area contributed by atoms with Crippen molar-refractivity contribution in [2.75, 3.05) is 6.54 Å². The van der Waals surface area contributed by atoms with Gasteiger partial charge in [0.2, 0.25) is 5.91 Å². The number of carbonyl (C=O) groups is 2. The summed E-state index contributed by atoms with van der Waals surface area (Å²) in [6.07, 6.45) is 0.846. The fourth-order valence-electron chi connectivity index (χ4n) is 5.66. The Morgan fingerprint density at radius 3 is 2.61 bits per heavy atom. The van der Waals surface area contributed by atoms with Gasteiger partial charge in [0.15, 0.2) is 0 Å². The summed E-state index contributed by atoms with van der Waals surface area (Å²) in [6.45, 7) is 3.22. The molecule has 2 amide bonds. The minimum atomic E-state index is -0.855. The maximum absolute atomic E-state index is 13.5. The van der Waals surface area contributed by atoms with E-state index in [0.717, 1.165) is 42.7 Å². The summed E-state index contributed by atoms with van der Waals surface area (Å²) >= 11 is 0.